The van der Waals surface area contributed by atoms with Gasteiger partial charge in [0.15, 0.2) is 0 Å². The van der Waals surface area contributed by atoms with Crippen molar-refractivity contribution in [3.8, 4) is 0 Å². The van der Waals surface area contributed by atoms with Crippen LogP contribution in [0.25, 0.3) is 0 Å². The maximum Gasteiger partial charge on any atom is 0.135 e. The van der Waals surface area contributed by atoms with E-state index in [1.807, 2.05) is 17.8 Å². The van der Waals surface area contributed by atoms with Crippen LogP contribution in [0.15, 0.2) is 41.3 Å². The van der Waals surface area contributed by atoms with Crippen LogP contribution in [0.5, 0.6) is 0 Å². The lowest BCUT2D eigenvalue weighted by atomic mass is 10.2. The van der Waals surface area contributed by atoms with Crippen molar-refractivity contribution in [1.29, 1.82) is 0 Å². The molecule has 3 nitrogen and oxygen atoms in total. The lowest BCUT2D eigenvalue weighted by Crippen LogP contribution is -2.08. The van der Waals surface area contributed by atoms with Gasteiger partial charge in [-0.15, -0.1) is 11.8 Å². The molecule has 5 heteroatoms. The lowest BCUT2D eigenvalue weighted by Gasteiger charge is -2.09. The summed E-state index contributed by atoms with van der Waals surface area (Å²) in [4.78, 5) is 9.96. The van der Waals surface area contributed by atoms with Gasteiger partial charge >= 0.3 is 0 Å². The van der Waals surface area contributed by atoms with Gasteiger partial charge in [-0.2, -0.15) is 0 Å². The monoisotopic (exact) mass is 307 g/mol. The Hall–Kier alpha value is -1.26. The van der Waals surface area contributed by atoms with Gasteiger partial charge in [-0.05, 0) is 12.1 Å². The second-order valence-electron chi connectivity index (χ2n) is 4.68. The van der Waals surface area contributed by atoms with E-state index in [1.165, 1.54) is 4.90 Å². The molecule has 2 rings (SSSR count). The lowest BCUT2D eigenvalue weighted by molar-refractivity contribution is 0.775. The van der Waals surface area contributed by atoms with Gasteiger partial charge in [0.2, 0.25) is 0 Å². The Balaban J connectivity index is 1.85. The number of hydrogen-bond donors (Lipinski definition) is 1. The van der Waals surface area contributed by atoms with Crippen LogP contribution in [0, 0.1) is 0 Å². The summed E-state index contributed by atoms with van der Waals surface area (Å²) in [6, 6.07) is 12.1. The quantitative estimate of drug-likeness (QED) is 0.486. The average Bonchev–Trinajstić information content (AvgIpc) is 2.44. The number of hydrogen-bond acceptors (Lipinski definition) is 4. The van der Waals surface area contributed by atoms with Crippen molar-refractivity contribution in [3.05, 3.63) is 47.4 Å². The molecule has 0 aliphatic heterocycles. The van der Waals surface area contributed by atoms with Gasteiger partial charge in [-0.3, -0.25) is 0 Å². The average molecular weight is 308 g/mol. The first-order chi connectivity index (χ1) is 9.65. The SMILES string of the molecule is CC(C)c1nc(Cl)cc(NCCSc2ccccc2)n1. The maximum atomic E-state index is 6.01. The van der Waals surface area contributed by atoms with Crippen molar-refractivity contribution in [2.45, 2.75) is 24.7 Å². The Morgan fingerprint density at radius 2 is 1.95 bits per heavy atom. The molecule has 0 saturated carbocycles. The fraction of sp³-hybridized carbons (Fsp3) is 0.333. The highest BCUT2D eigenvalue weighted by atomic mass is 35.5. The van der Waals surface area contributed by atoms with Crippen LogP contribution in [0.2, 0.25) is 5.15 Å². The zero-order chi connectivity index (χ0) is 14.4. The molecule has 0 aliphatic rings. The Morgan fingerprint density at radius 3 is 2.65 bits per heavy atom. The second kappa shape index (κ2) is 7.50. The van der Waals surface area contributed by atoms with Gasteiger partial charge in [0, 0.05) is 29.2 Å². The number of anilines is 1. The Kier molecular flexibility index (Phi) is 5.68. The summed E-state index contributed by atoms with van der Waals surface area (Å²) in [6.07, 6.45) is 0. The number of halogens is 1. The zero-order valence-corrected chi connectivity index (χ0v) is 13.2. The standard InChI is InChI=1S/C15H18ClN3S/c1-11(2)15-18-13(16)10-14(19-15)17-8-9-20-12-6-4-3-5-7-12/h3-7,10-11H,8-9H2,1-2H3,(H,17,18,19). The van der Waals surface area contributed by atoms with Crippen molar-refractivity contribution >= 4 is 29.2 Å². The van der Waals surface area contributed by atoms with Crippen molar-refractivity contribution in [2.75, 3.05) is 17.6 Å². The number of thioether (sulfide) groups is 1. The van der Waals surface area contributed by atoms with E-state index >= 15 is 0 Å². The highest BCUT2D eigenvalue weighted by Crippen LogP contribution is 2.18. The molecule has 0 saturated heterocycles. The molecular weight excluding hydrogens is 290 g/mol. The van der Waals surface area contributed by atoms with Crippen LogP contribution in [0.4, 0.5) is 5.82 Å². The van der Waals surface area contributed by atoms with Gasteiger partial charge in [0.05, 0.1) is 0 Å². The van der Waals surface area contributed by atoms with Crippen LogP contribution >= 0.6 is 23.4 Å². The minimum absolute atomic E-state index is 0.271. The molecule has 0 fully saturated rings. The summed E-state index contributed by atoms with van der Waals surface area (Å²) >= 11 is 7.82. The molecule has 106 valence electrons. The fourth-order valence-corrected chi connectivity index (χ4v) is 2.63. The van der Waals surface area contributed by atoms with E-state index in [-0.39, 0.29) is 5.92 Å². The molecular formula is C15H18ClN3S. The number of benzene rings is 1. The number of nitrogens with zero attached hydrogens (tertiary/aromatic N) is 2. The van der Waals surface area contributed by atoms with Crippen LogP contribution < -0.4 is 5.32 Å². The molecule has 20 heavy (non-hydrogen) atoms. The van der Waals surface area contributed by atoms with E-state index in [9.17, 15) is 0 Å². The topological polar surface area (TPSA) is 37.8 Å². The zero-order valence-electron chi connectivity index (χ0n) is 11.6. The summed E-state index contributed by atoms with van der Waals surface area (Å²) in [6.45, 7) is 4.95. The third-order valence-corrected chi connectivity index (χ3v) is 3.86. The Bertz CT molecular complexity index is 546. The van der Waals surface area contributed by atoms with Crippen LogP contribution in [-0.2, 0) is 0 Å². The summed E-state index contributed by atoms with van der Waals surface area (Å²) in [5.74, 6) is 2.81. The summed E-state index contributed by atoms with van der Waals surface area (Å²) in [5.41, 5.74) is 0. The van der Waals surface area contributed by atoms with Crippen LogP contribution in [0.1, 0.15) is 25.6 Å². The van der Waals surface area contributed by atoms with E-state index in [4.69, 9.17) is 11.6 Å². The van der Waals surface area contributed by atoms with Gasteiger partial charge in [-0.1, -0.05) is 43.6 Å². The number of nitrogens with one attached hydrogen (secondary N) is 1. The first-order valence-electron chi connectivity index (χ1n) is 6.61. The molecule has 1 N–H and O–H groups in total. The van der Waals surface area contributed by atoms with E-state index < -0.39 is 0 Å². The minimum Gasteiger partial charge on any atom is -0.369 e. The largest absolute Gasteiger partial charge is 0.369 e. The van der Waals surface area contributed by atoms with E-state index in [1.54, 1.807) is 6.07 Å². The van der Waals surface area contributed by atoms with E-state index in [0.29, 0.717) is 5.15 Å². The smallest absolute Gasteiger partial charge is 0.135 e. The number of aromatic nitrogens is 2. The fourth-order valence-electron chi connectivity index (χ4n) is 1.65. The van der Waals surface area contributed by atoms with Crippen molar-refractivity contribution in [3.63, 3.8) is 0 Å². The predicted molar refractivity (Wildman–Crippen MR) is 86.8 cm³/mol. The molecule has 1 aromatic carbocycles. The molecule has 0 amide bonds. The summed E-state index contributed by atoms with van der Waals surface area (Å²) < 4.78 is 0. The number of rotatable bonds is 6. The van der Waals surface area contributed by atoms with Crippen molar-refractivity contribution < 1.29 is 0 Å². The van der Waals surface area contributed by atoms with E-state index in [0.717, 1.165) is 23.9 Å². The van der Waals surface area contributed by atoms with Gasteiger partial charge in [-0.25, -0.2) is 9.97 Å². The predicted octanol–water partition coefficient (Wildman–Crippen LogP) is 4.46. The highest BCUT2D eigenvalue weighted by Gasteiger charge is 2.06. The summed E-state index contributed by atoms with van der Waals surface area (Å²) in [7, 11) is 0. The Labute approximate surface area is 129 Å². The molecule has 0 unspecified atom stereocenters. The van der Waals surface area contributed by atoms with Gasteiger partial charge < -0.3 is 5.32 Å². The molecule has 0 radical (unpaired) electrons. The highest BCUT2D eigenvalue weighted by molar-refractivity contribution is 7.99. The van der Waals surface area contributed by atoms with Gasteiger partial charge in [0.1, 0.15) is 16.8 Å². The van der Waals surface area contributed by atoms with Crippen LogP contribution in [-0.4, -0.2) is 22.3 Å². The van der Waals surface area contributed by atoms with Gasteiger partial charge in [0.25, 0.3) is 0 Å². The first-order valence-corrected chi connectivity index (χ1v) is 7.97. The molecule has 1 aromatic heterocycles. The van der Waals surface area contributed by atoms with Crippen LogP contribution in [0.3, 0.4) is 0 Å². The minimum atomic E-state index is 0.271. The van der Waals surface area contributed by atoms with Crippen molar-refractivity contribution in [1.82, 2.24) is 9.97 Å². The molecule has 0 spiro atoms. The first kappa shape index (κ1) is 15.1. The summed E-state index contributed by atoms with van der Waals surface area (Å²) in [5, 5.41) is 3.78. The molecule has 0 aliphatic carbocycles. The normalized spacial score (nSPS) is 10.8. The maximum absolute atomic E-state index is 6.01. The second-order valence-corrected chi connectivity index (χ2v) is 6.23. The Morgan fingerprint density at radius 1 is 1.20 bits per heavy atom. The molecule has 1 heterocycles. The van der Waals surface area contributed by atoms with E-state index in [2.05, 4.69) is 53.4 Å². The third-order valence-electron chi connectivity index (χ3n) is 2.65. The van der Waals surface area contributed by atoms with Crippen molar-refractivity contribution in [2.24, 2.45) is 0 Å². The molecule has 0 bridgehead atoms. The molecule has 2 aromatic rings. The third kappa shape index (κ3) is 4.69. The molecule has 0 atom stereocenters.